The second-order valence-electron chi connectivity index (χ2n) is 6.28. The topological polar surface area (TPSA) is 31.9 Å². The van der Waals surface area contributed by atoms with E-state index in [0.717, 1.165) is 17.9 Å². The number of likely N-dealkylation sites (tertiary alicyclic amines) is 1. The number of imidazole rings is 1. The minimum atomic E-state index is 0. The lowest BCUT2D eigenvalue weighted by atomic mass is 10.0. The molecular formula is C19H28ClN3. The Labute approximate surface area is 145 Å². The van der Waals surface area contributed by atoms with E-state index < -0.39 is 0 Å². The summed E-state index contributed by atoms with van der Waals surface area (Å²) >= 11 is 0. The van der Waals surface area contributed by atoms with Crippen molar-refractivity contribution < 1.29 is 0 Å². The Balaban J connectivity index is 0.00000192. The second-order valence-corrected chi connectivity index (χ2v) is 6.28. The summed E-state index contributed by atoms with van der Waals surface area (Å²) in [5, 5.41) is 0. The first-order valence-corrected chi connectivity index (χ1v) is 8.70. The Hall–Kier alpha value is -1.32. The standard InChI is InChI=1S/C19H27N3.ClH/c1-3-12-22-13-6-5-7-18(22)19-20-14-17(21-19)16-10-8-15(4-2)9-11-16;/h8-11,14,18H,3-7,12-13H2,1-2H3,(H,20,21);1H. The molecule has 4 heteroatoms. The van der Waals surface area contributed by atoms with Crippen LogP contribution in [0.4, 0.5) is 0 Å². The summed E-state index contributed by atoms with van der Waals surface area (Å²) in [6, 6.07) is 9.28. The average molecular weight is 334 g/mol. The van der Waals surface area contributed by atoms with Crippen molar-refractivity contribution in [1.82, 2.24) is 14.9 Å². The van der Waals surface area contributed by atoms with Crippen LogP contribution in [0.1, 0.15) is 57.0 Å². The quantitative estimate of drug-likeness (QED) is 0.835. The molecule has 1 aliphatic heterocycles. The number of benzene rings is 1. The van der Waals surface area contributed by atoms with Crippen molar-refractivity contribution in [2.75, 3.05) is 13.1 Å². The second kappa shape index (κ2) is 8.51. The zero-order valence-corrected chi connectivity index (χ0v) is 15.0. The molecule has 1 aromatic carbocycles. The molecule has 2 aromatic rings. The molecule has 1 unspecified atom stereocenters. The van der Waals surface area contributed by atoms with Gasteiger partial charge in [0.15, 0.2) is 0 Å². The number of nitrogens with one attached hydrogen (secondary N) is 1. The third-order valence-electron chi connectivity index (χ3n) is 4.71. The minimum Gasteiger partial charge on any atom is -0.341 e. The van der Waals surface area contributed by atoms with E-state index in [-0.39, 0.29) is 12.4 Å². The Bertz CT molecular complexity index is 589. The third kappa shape index (κ3) is 4.15. The van der Waals surface area contributed by atoms with Gasteiger partial charge in [0.05, 0.1) is 17.9 Å². The molecule has 3 rings (SSSR count). The van der Waals surface area contributed by atoms with Crippen LogP contribution in [-0.2, 0) is 6.42 Å². The first-order valence-electron chi connectivity index (χ1n) is 8.70. The van der Waals surface area contributed by atoms with Crippen LogP contribution in [0.25, 0.3) is 11.3 Å². The van der Waals surface area contributed by atoms with E-state index in [1.165, 1.54) is 49.9 Å². The minimum absolute atomic E-state index is 0. The van der Waals surface area contributed by atoms with Crippen LogP contribution in [0.3, 0.4) is 0 Å². The van der Waals surface area contributed by atoms with Crippen molar-refractivity contribution in [3.05, 3.63) is 41.9 Å². The van der Waals surface area contributed by atoms with Gasteiger partial charge in [-0.3, -0.25) is 4.90 Å². The molecular weight excluding hydrogens is 306 g/mol. The molecule has 0 radical (unpaired) electrons. The average Bonchev–Trinajstić information content (AvgIpc) is 3.05. The Morgan fingerprint density at radius 1 is 1.17 bits per heavy atom. The number of hydrogen-bond donors (Lipinski definition) is 1. The highest BCUT2D eigenvalue weighted by molar-refractivity contribution is 5.85. The van der Waals surface area contributed by atoms with Gasteiger partial charge in [-0.25, -0.2) is 4.98 Å². The van der Waals surface area contributed by atoms with Gasteiger partial charge < -0.3 is 4.98 Å². The van der Waals surface area contributed by atoms with Gasteiger partial charge in [-0.15, -0.1) is 12.4 Å². The molecule has 1 saturated heterocycles. The van der Waals surface area contributed by atoms with E-state index in [1.807, 2.05) is 6.20 Å². The van der Waals surface area contributed by atoms with Crippen LogP contribution >= 0.6 is 12.4 Å². The van der Waals surface area contributed by atoms with E-state index in [2.05, 4.69) is 48.0 Å². The molecule has 23 heavy (non-hydrogen) atoms. The Kier molecular flexibility index (Phi) is 6.67. The van der Waals surface area contributed by atoms with E-state index >= 15 is 0 Å². The van der Waals surface area contributed by atoms with Crippen LogP contribution < -0.4 is 0 Å². The van der Waals surface area contributed by atoms with E-state index in [0.29, 0.717) is 6.04 Å². The molecule has 2 heterocycles. The first-order chi connectivity index (χ1) is 10.8. The lowest BCUT2D eigenvalue weighted by Gasteiger charge is -2.34. The maximum atomic E-state index is 4.69. The van der Waals surface area contributed by atoms with Crippen LogP contribution in [0.2, 0.25) is 0 Å². The molecule has 0 bridgehead atoms. The van der Waals surface area contributed by atoms with Gasteiger partial charge in [0.2, 0.25) is 0 Å². The summed E-state index contributed by atoms with van der Waals surface area (Å²) in [4.78, 5) is 10.9. The number of halogens is 1. The number of aryl methyl sites for hydroxylation is 1. The zero-order chi connectivity index (χ0) is 15.4. The third-order valence-corrected chi connectivity index (χ3v) is 4.71. The van der Waals surface area contributed by atoms with Gasteiger partial charge in [0.1, 0.15) is 5.82 Å². The van der Waals surface area contributed by atoms with Gasteiger partial charge in [-0.2, -0.15) is 0 Å². The molecule has 126 valence electrons. The molecule has 0 spiro atoms. The van der Waals surface area contributed by atoms with Gasteiger partial charge in [-0.05, 0) is 49.9 Å². The largest absolute Gasteiger partial charge is 0.341 e. The monoisotopic (exact) mass is 333 g/mol. The molecule has 0 aliphatic carbocycles. The molecule has 0 amide bonds. The highest BCUT2D eigenvalue weighted by Gasteiger charge is 2.25. The lowest BCUT2D eigenvalue weighted by Crippen LogP contribution is -2.34. The van der Waals surface area contributed by atoms with Crippen molar-refractivity contribution in [3.63, 3.8) is 0 Å². The molecule has 1 aliphatic rings. The number of H-pyrrole nitrogens is 1. The predicted octanol–water partition coefficient (Wildman–Crippen LogP) is 5.00. The number of aromatic nitrogens is 2. The van der Waals surface area contributed by atoms with Crippen LogP contribution in [-0.4, -0.2) is 28.0 Å². The number of nitrogens with zero attached hydrogens (tertiary/aromatic N) is 2. The normalized spacial score (nSPS) is 18.6. The van der Waals surface area contributed by atoms with E-state index in [4.69, 9.17) is 4.98 Å². The van der Waals surface area contributed by atoms with Crippen molar-refractivity contribution in [3.8, 4) is 11.3 Å². The summed E-state index contributed by atoms with van der Waals surface area (Å²) in [5.41, 5.74) is 3.75. The maximum absolute atomic E-state index is 4.69. The van der Waals surface area contributed by atoms with Gasteiger partial charge in [0.25, 0.3) is 0 Å². The van der Waals surface area contributed by atoms with E-state index in [9.17, 15) is 0 Å². The fourth-order valence-corrected chi connectivity index (χ4v) is 3.43. The summed E-state index contributed by atoms with van der Waals surface area (Å²) in [7, 11) is 0. The molecule has 1 aromatic heterocycles. The van der Waals surface area contributed by atoms with Gasteiger partial charge in [0, 0.05) is 0 Å². The lowest BCUT2D eigenvalue weighted by molar-refractivity contribution is 0.143. The first kappa shape index (κ1) is 18.0. The summed E-state index contributed by atoms with van der Waals surface area (Å²) in [6.45, 7) is 6.83. The molecule has 3 nitrogen and oxygen atoms in total. The molecule has 1 N–H and O–H groups in total. The van der Waals surface area contributed by atoms with E-state index in [1.54, 1.807) is 0 Å². The Morgan fingerprint density at radius 2 is 1.96 bits per heavy atom. The highest BCUT2D eigenvalue weighted by atomic mass is 35.5. The van der Waals surface area contributed by atoms with Crippen LogP contribution in [0, 0.1) is 0 Å². The smallest absolute Gasteiger partial charge is 0.123 e. The number of piperidine rings is 1. The van der Waals surface area contributed by atoms with Crippen molar-refractivity contribution in [1.29, 1.82) is 0 Å². The SMILES string of the molecule is CCCN1CCCCC1c1ncc(-c2ccc(CC)cc2)[nH]1.Cl. The number of hydrogen-bond acceptors (Lipinski definition) is 2. The van der Waals surface area contributed by atoms with Crippen molar-refractivity contribution in [2.24, 2.45) is 0 Å². The predicted molar refractivity (Wildman–Crippen MR) is 99.1 cm³/mol. The Morgan fingerprint density at radius 3 is 2.65 bits per heavy atom. The van der Waals surface area contributed by atoms with Crippen LogP contribution in [0.5, 0.6) is 0 Å². The van der Waals surface area contributed by atoms with Crippen LogP contribution in [0.15, 0.2) is 30.5 Å². The molecule has 1 atom stereocenters. The fraction of sp³-hybridized carbons (Fsp3) is 0.526. The van der Waals surface area contributed by atoms with Crippen molar-refractivity contribution in [2.45, 2.75) is 52.0 Å². The summed E-state index contributed by atoms with van der Waals surface area (Å²) in [5.74, 6) is 1.14. The van der Waals surface area contributed by atoms with Gasteiger partial charge >= 0.3 is 0 Å². The zero-order valence-electron chi connectivity index (χ0n) is 14.2. The summed E-state index contributed by atoms with van der Waals surface area (Å²) in [6.07, 6.45) is 8.15. The summed E-state index contributed by atoms with van der Waals surface area (Å²) < 4.78 is 0. The van der Waals surface area contributed by atoms with Crippen molar-refractivity contribution >= 4 is 12.4 Å². The number of aromatic amines is 1. The highest BCUT2D eigenvalue weighted by Crippen LogP contribution is 2.30. The van der Waals surface area contributed by atoms with Gasteiger partial charge in [-0.1, -0.05) is 44.5 Å². The molecule has 1 fully saturated rings. The maximum Gasteiger partial charge on any atom is 0.123 e. The molecule has 0 saturated carbocycles. The number of rotatable bonds is 5. The fourth-order valence-electron chi connectivity index (χ4n) is 3.43.